The molecule has 104 valence electrons. The van der Waals surface area contributed by atoms with Gasteiger partial charge in [0.1, 0.15) is 11.6 Å². The number of carbonyl (C=O) groups is 1. The first kappa shape index (κ1) is 13.7. The lowest BCUT2D eigenvalue weighted by Crippen LogP contribution is -2.25. The smallest absolute Gasteiger partial charge is 0.302 e. The molecular weight excluding hydrogens is 280 g/mol. The van der Waals surface area contributed by atoms with Crippen molar-refractivity contribution in [2.24, 2.45) is 5.92 Å². The first-order valence-corrected chi connectivity index (χ1v) is 7.03. The van der Waals surface area contributed by atoms with Crippen LogP contribution in [0.5, 0.6) is 5.75 Å². The number of rotatable bonds is 3. The van der Waals surface area contributed by atoms with E-state index in [0.29, 0.717) is 0 Å². The van der Waals surface area contributed by atoms with Crippen LogP contribution in [0.1, 0.15) is 6.42 Å². The molecule has 8 heteroatoms. The molecule has 19 heavy (non-hydrogen) atoms. The number of phenolic OH excluding ortho intramolecular Hbond substituents is 1. The molecule has 0 saturated carbocycles. The highest BCUT2D eigenvalue weighted by molar-refractivity contribution is 7.86. The Morgan fingerprint density at radius 3 is 2.68 bits per heavy atom. The first-order valence-electron chi connectivity index (χ1n) is 5.47. The van der Waals surface area contributed by atoms with Gasteiger partial charge in [-0.25, -0.2) is 4.39 Å². The summed E-state index contributed by atoms with van der Waals surface area (Å²) < 4.78 is 46.5. The molecule has 0 spiro atoms. The second-order valence-corrected chi connectivity index (χ2v) is 5.82. The molecule has 1 fully saturated rings. The van der Waals surface area contributed by atoms with Gasteiger partial charge in [0.05, 0.1) is 11.4 Å². The van der Waals surface area contributed by atoms with E-state index in [1.165, 1.54) is 6.07 Å². The van der Waals surface area contributed by atoms with Crippen LogP contribution in [0.4, 0.5) is 14.0 Å². The average Bonchev–Trinajstić information content (AvgIpc) is 2.56. The van der Waals surface area contributed by atoms with E-state index < -0.39 is 39.4 Å². The van der Waals surface area contributed by atoms with Crippen molar-refractivity contribution in [1.29, 1.82) is 0 Å². The SMILES string of the molecule is O=C1CC(CS(=O)(=O)F)CN1c1ccc(F)cc1O. The normalized spacial score (nSPS) is 20.0. The molecule has 1 atom stereocenters. The Hall–Kier alpha value is -1.70. The van der Waals surface area contributed by atoms with Crippen molar-refractivity contribution in [3.05, 3.63) is 24.0 Å². The minimum atomic E-state index is -4.65. The van der Waals surface area contributed by atoms with E-state index in [4.69, 9.17) is 0 Å². The molecule has 1 unspecified atom stereocenters. The standard InChI is InChI=1S/C11H11F2NO4S/c12-8-1-2-9(10(15)4-8)14-5-7(3-11(14)16)6-19(13,17)18/h1-2,4,7,15H,3,5-6H2. The molecule has 1 N–H and O–H groups in total. The molecule has 0 aliphatic carbocycles. The number of amides is 1. The van der Waals surface area contributed by atoms with Gasteiger partial charge < -0.3 is 10.0 Å². The highest BCUT2D eigenvalue weighted by Crippen LogP contribution is 2.33. The fraction of sp³-hybridized carbons (Fsp3) is 0.364. The van der Waals surface area contributed by atoms with Gasteiger partial charge in [-0.05, 0) is 12.1 Å². The van der Waals surface area contributed by atoms with E-state index in [9.17, 15) is 26.6 Å². The van der Waals surface area contributed by atoms with E-state index in [1.54, 1.807) is 0 Å². The maximum Gasteiger partial charge on any atom is 0.302 e. The van der Waals surface area contributed by atoms with Gasteiger partial charge in [0.2, 0.25) is 5.91 Å². The number of hydrogen-bond acceptors (Lipinski definition) is 4. The van der Waals surface area contributed by atoms with Crippen LogP contribution in [-0.2, 0) is 15.0 Å². The zero-order valence-corrected chi connectivity index (χ0v) is 10.5. The van der Waals surface area contributed by atoms with Crippen molar-refractivity contribution in [3.63, 3.8) is 0 Å². The zero-order valence-electron chi connectivity index (χ0n) is 9.71. The van der Waals surface area contributed by atoms with Gasteiger partial charge in [-0.3, -0.25) is 4.79 Å². The number of anilines is 1. The maximum absolute atomic E-state index is 12.8. The van der Waals surface area contributed by atoms with Crippen molar-refractivity contribution >= 4 is 21.8 Å². The molecule has 0 radical (unpaired) electrons. The van der Waals surface area contributed by atoms with Crippen LogP contribution in [0.15, 0.2) is 18.2 Å². The fourth-order valence-corrected chi connectivity index (χ4v) is 2.92. The van der Waals surface area contributed by atoms with Gasteiger partial charge in [0.15, 0.2) is 0 Å². The predicted octanol–water partition coefficient (Wildman–Crippen LogP) is 1.18. The molecule has 1 aromatic rings. The second-order valence-electron chi connectivity index (χ2n) is 4.41. The van der Waals surface area contributed by atoms with Crippen LogP contribution in [0.2, 0.25) is 0 Å². The summed E-state index contributed by atoms with van der Waals surface area (Å²) in [7, 11) is -4.65. The highest BCUT2D eigenvalue weighted by atomic mass is 32.3. The fourth-order valence-electron chi connectivity index (χ4n) is 2.13. The van der Waals surface area contributed by atoms with Crippen LogP contribution in [-0.4, -0.2) is 31.7 Å². The van der Waals surface area contributed by atoms with Gasteiger partial charge in [0, 0.05) is 24.9 Å². The van der Waals surface area contributed by atoms with Gasteiger partial charge in [-0.1, -0.05) is 0 Å². The van der Waals surface area contributed by atoms with Gasteiger partial charge in [-0.15, -0.1) is 3.89 Å². The lowest BCUT2D eigenvalue weighted by atomic mass is 10.1. The van der Waals surface area contributed by atoms with Gasteiger partial charge in [0.25, 0.3) is 0 Å². The Balaban J connectivity index is 2.20. The van der Waals surface area contributed by atoms with Crippen molar-refractivity contribution in [2.45, 2.75) is 6.42 Å². The summed E-state index contributed by atoms with van der Waals surface area (Å²) in [5.41, 5.74) is 0.0881. The van der Waals surface area contributed by atoms with E-state index in [0.717, 1.165) is 17.0 Å². The molecule has 1 aliphatic rings. The Morgan fingerprint density at radius 1 is 1.42 bits per heavy atom. The highest BCUT2D eigenvalue weighted by Gasteiger charge is 2.34. The number of aromatic hydroxyl groups is 1. The molecule has 1 heterocycles. The molecule has 1 amide bonds. The number of nitrogens with zero attached hydrogens (tertiary/aromatic N) is 1. The number of halogens is 2. The average molecular weight is 291 g/mol. The molecule has 2 rings (SSSR count). The minimum absolute atomic E-state index is 0.0266. The van der Waals surface area contributed by atoms with E-state index in [1.807, 2.05) is 0 Å². The van der Waals surface area contributed by atoms with Crippen LogP contribution in [0, 0.1) is 11.7 Å². The van der Waals surface area contributed by atoms with E-state index in [-0.39, 0.29) is 18.7 Å². The summed E-state index contributed by atoms with van der Waals surface area (Å²) in [5, 5.41) is 9.56. The second kappa shape index (κ2) is 4.76. The number of carbonyl (C=O) groups excluding carboxylic acids is 1. The monoisotopic (exact) mass is 291 g/mol. The van der Waals surface area contributed by atoms with Crippen molar-refractivity contribution < 1.29 is 26.6 Å². The molecule has 0 bridgehead atoms. The molecule has 1 aliphatic heterocycles. The Labute approximate surface area is 108 Å². The van der Waals surface area contributed by atoms with Crippen LogP contribution in [0.25, 0.3) is 0 Å². The number of phenols is 1. The van der Waals surface area contributed by atoms with Crippen LogP contribution < -0.4 is 4.90 Å². The van der Waals surface area contributed by atoms with E-state index >= 15 is 0 Å². The van der Waals surface area contributed by atoms with Crippen molar-refractivity contribution in [3.8, 4) is 5.75 Å². The predicted molar refractivity (Wildman–Crippen MR) is 63.4 cm³/mol. The van der Waals surface area contributed by atoms with Gasteiger partial charge in [-0.2, -0.15) is 8.42 Å². The quantitative estimate of drug-likeness (QED) is 0.849. The third kappa shape index (κ3) is 3.19. The Kier molecular flexibility index (Phi) is 3.44. The Morgan fingerprint density at radius 2 is 2.11 bits per heavy atom. The zero-order chi connectivity index (χ0) is 14.2. The summed E-state index contributed by atoms with van der Waals surface area (Å²) in [6.45, 7) is -0.0266. The Bertz CT molecular complexity index is 617. The summed E-state index contributed by atoms with van der Waals surface area (Å²) in [5.74, 6) is -2.92. The largest absolute Gasteiger partial charge is 0.506 e. The summed E-state index contributed by atoms with van der Waals surface area (Å²) in [6, 6.07) is 3.14. The van der Waals surface area contributed by atoms with Crippen molar-refractivity contribution in [1.82, 2.24) is 0 Å². The minimum Gasteiger partial charge on any atom is -0.506 e. The molecule has 0 aromatic heterocycles. The van der Waals surface area contributed by atoms with Crippen LogP contribution >= 0.6 is 0 Å². The van der Waals surface area contributed by atoms with Crippen molar-refractivity contribution in [2.75, 3.05) is 17.2 Å². The topological polar surface area (TPSA) is 74.7 Å². The van der Waals surface area contributed by atoms with Gasteiger partial charge >= 0.3 is 10.2 Å². The van der Waals surface area contributed by atoms with E-state index in [2.05, 4.69) is 0 Å². The maximum atomic E-state index is 12.8. The molecule has 5 nitrogen and oxygen atoms in total. The summed E-state index contributed by atoms with van der Waals surface area (Å²) in [4.78, 5) is 12.8. The lowest BCUT2D eigenvalue weighted by molar-refractivity contribution is -0.117. The number of hydrogen-bond donors (Lipinski definition) is 1. The van der Waals surface area contributed by atoms with Crippen LogP contribution in [0.3, 0.4) is 0 Å². The third-order valence-electron chi connectivity index (χ3n) is 2.87. The molecule has 1 aromatic carbocycles. The number of benzene rings is 1. The summed E-state index contributed by atoms with van der Waals surface area (Å²) in [6.07, 6.45) is -0.125. The summed E-state index contributed by atoms with van der Waals surface area (Å²) >= 11 is 0. The molecule has 1 saturated heterocycles. The molecular formula is C11H11F2NO4S. The first-order chi connectivity index (χ1) is 8.76. The third-order valence-corrected chi connectivity index (χ3v) is 3.74. The lowest BCUT2D eigenvalue weighted by Gasteiger charge is -2.17.